The maximum atomic E-state index is 13.6. The summed E-state index contributed by atoms with van der Waals surface area (Å²) < 4.78 is 13.6. The highest BCUT2D eigenvalue weighted by atomic mass is 19.1. The summed E-state index contributed by atoms with van der Waals surface area (Å²) in [5, 5.41) is 5.38. The molecule has 0 atom stereocenters. The predicted octanol–water partition coefficient (Wildman–Crippen LogP) is 4.32. The number of anilines is 1. The van der Waals surface area contributed by atoms with Crippen molar-refractivity contribution < 1.29 is 14.0 Å². The van der Waals surface area contributed by atoms with E-state index in [4.69, 9.17) is 0 Å². The number of aryl methyl sites for hydroxylation is 1. The number of carbonyl (C=O) groups is 2. The summed E-state index contributed by atoms with van der Waals surface area (Å²) >= 11 is 0. The van der Waals surface area contributed by atoms with E-state index in [0.717, 1.165) is 11.1 Å². The summed E-state index contributed by atoms with van der Waals surface area (Å²) in [6, 6.07) is 20.0. The molecule has 0 spiro atoms. The van der Waals surface area contributed by atoms with Crippen molar-refractivity contribution in [2.45, 2.75) is 13.5 Å². The van der Waals surface area contributed by atoms with Gasteiger partial charge in [-0.25, -0.2) is 4.39 Å². The van der Waals surface area contributed by atoms with Crippen LogP contribution in [-0.4, -0.2) is 11.8 Å². The van der Waals surface area contributed by atoms with Gasteiger partial charge in [-0.3, -0.25) is 9.59 Å². The zero-order valence-electron chi connectivity index (χ0n) is 14.8. The fourth-order valence-corrected chi connectivity index (χ4v) is 2.62. The Balaban J connectivity index is 1.62. The molecule has 27 heavy (non-hydrogen) atoms. The maximum absolute atomic E-state index is 13.6. The van der Waals surface area contributed by atoms with Crippen molar-refractivity contribution in [3.05, 3.63) is 101 Å². The molecule has 3 aromatic carbocycles. The van der Waals surface area contributed by atoms with Crippen LogP contribution >= 0.6 is 0 Å². The Morgan fingerprint density at radius 3 is 2.07 bits per heavy atom. The van der Waals surface area contributed by atoms with Crippen LogP contribution in [0.4, 0.5) is 10.1 Å². The van der Waals surface area contributed by atoms with E-state index < -0.39 is 11.7 Å². The molecule has 0 aliphatic heterocycles. The van der Waals surface area contributed by atoms with Gasteiger partial charge in [0.25, 0.3) is 11.8 Å². The monoisotopic (exact) mass is 362 g/mol. The second kappa shape index (κ2) is 8.27. The lowest BCUT2D eigenvalue weighted by atomic mass is 10.1. The number of rotatable bonds is 5. The zero-order valence-corrected chi connectivity index (χ0v) is 14.8. The van der Waals surface area contributed by atoms with Crippen molar-refractivity contribution >= 4 is 17.5 Å². The van der Waals surface area contributed by atoms with Crippen molar-refractivity contribution in [1.82, 2.24) is 5.32 Å². The number of halogens is 1. The van der Waals surface area contributed by atoms with Crippen LogP contribution in [0.25, 0.3) is 0 Å². The Morgan fingerprint density at radius 2 is 1.41 bits per heavy atom. The Kier molecular flexibility index (Phi) is 5.61. The summed E-state index contributed by atoms with van der Waals surface area (Å²) in [5.74, 6) is -1.16. The highest BCUT2D eigenvalue weighted by Crippen LogP contribution is 2.14. The molecule has 136 valence electrons. The number of hydrogen-bond donors (Lipinski definition) is 2. The van der Waals surface area contributed by atoms with Crippen molar-refractivity contribution in [2.24, 2.45) is 0 Å². The Hall–Kier alpha value is -3.47. The minimum absolute atomic E-state index is 0.113. The van der Waals surface area contributed by atoms with Crippen LogP contribution in [0, 0.1) is 12.7 Å². The van der Waals surface area contributed by atoms with Crippen LogP contribution in [0.1, 0.15) is 31.8 Å². The molecule has 0 aliphatic rings. The number of nitrogens with one attached hydrogen (secondary N) is 2. The van der Waals surface area contributed by atoms with Crippen LogP contribution < -0.4 is 10.6 Å². The van der Waals surface area contributed by atoms with E-state index >= 15 is 0 Å². The first-order valence-electron chi connectivity index (χ1n) is 8.53. The standard InChI is InChI=1S/C22H19FN2O2/c1-15-6-2-3-7-18(15)14-24-21(26)16-10-12-17(13-11-16)22(27)25-20-9-5-4-8-19(20)23/h2-13H,14H2,1H3,(H,24,26)(H,25,27). The third kappa shape index (κ3) is 4.58. The number of amides is 2. The van der Waals surface area contributed by atoms with Crippen LogP contribution in [0.15, 0.2) is 72.8 Å². The minimum Gasteiger partial charge on any atom is -0.348 e. The van der Waals surface area contributed by atoms with Gasteiger partial charge in [-0.15, -0.1) is 0 Å². The topological polar surface area (TPSA) is 58.2 Å². The first-order valence-corrected chi connectivity index (χ1v) is 8.53. The largest absolute Gasteiger partial charge is 0.348 e. The molecule has 0 saturated heterocycles. The smallest absolute Gasteiger partial charge is 0.255 e. The van der Waals surface area contributed by atoms with Crippen LogP contribution in [0.2, 0.25) is 0 Å². The molecular weight excluding hydrogens is 343 g/mol. The van der Waals surface area contributed by atoms with Crippen molar-refractivity contribution in [3.8, 4) is 0 Å². The van der Waals surface area contributed by atoms with Gasteiger partial charge in [0.1, 0.15) is 5.82 Å². The van der Waals surface area contributed by atoms with E-state index in [1.54, 1.807) is 36.4 Å². The molecule has 0 saturated carbocycles. The SMILES string of the molecule is Cc1ccccc1CNC(=O)c1ccc(C(=O)Nc2ccccc2F)cc1. The molecule has 2 N–H and O–H groups in total. The van der Waals surface area contributed by atoms with E-state index in [0.29, 0.717) is 17.7 Å². The number of hydrogen-bond acceptors (Lipinski definition) is 2. The zero-order chi connectivity index (χ0) is 19.2. The molecular formula is C22H19FN2O2. The van der Waals surface area contributed by atoms with Gasteiger partial charge in [-0.1, -0.05) is 36.4 Å². The van der Waals surface area contributed by atoms with Crippen LogP contribution in [-0.2, 0) is 6.54 Å². The Morgan fingerprint density at radius 1 is 0.815 bits per heavy atom. The van der Waals surface area contributed by atoms with E-state index in [2.05, 4.69) is 10.6 Å². The van der Waals surface area contributed by atoms with Gasteiger partial charge >= 0.3 is 0 Å². The Labute approximate surface area is 157 Å². The third-order valence-corrected chi connectivity index (χ3v) is 4.23. The van der Waals surface area contributed by atoms with Gasteiger partial charge in [-0.05, 0) is 54.4 Å². The lowest BCUT2D eigenvalue weighted by Gasteiger charge is -2.09. The molecule has 3 aromatic rings. The first kappa shape index (κ1) is 18.3. The van der Waals surface area contributed by atoms with Gasteiger partial charge in [0.15, 0.2) is 0 Å². The van der Waals surface area contributed by atoms with E-state index in [-0.39, 0.29) is 11.6 Å². The van der Waals surface area contributed by atoms with Gasteiger partial charge in [0.2, 0.25) is 0 Å². The number of carbonyl (C=O) groups excluding carboxylic acids is 2. The summed E-state index contributed by atoms with van der Waals surface area (Å²) in [6.45, 7) is 2.42. The van der Waals surface area contributed by atoms with E-state index in [1.165, 1.54) is 12.1 Å². The summed E-state index contributed by atoms with van der Waals surface area (Å²) in [4.78, 5) is 24.5. The summed E-state index contributed by atoms with van der Waals surface area (Å²) in [6.07, 6.45) is 0. The molecule has 0 bridgehead atoms. The molecule has 5 heteroatoms. The van der Waals surface area contributed by atoms with E-state index in [9.17, 15) is 14.0 Å². The second-order valence-corrected chi connectivity index (χ2v) is 6.12. The lowest BCUT2D eigenvalue weighted by Crippen LogP contribution is -2.23. The molecule has 4 nitrogen and oxygen atoms in total. The molecule has 0 aromatic heterocycles. The van der Waals surface area contributed by atoms with Gasteiger partial charge in [0, 0.05) is 17.7 Å². The number of para-hydroxylation sites is 1. The van der Waals surface area contributed by atoms with Crippen molar-refractivity contribution in [2.75, 3.05) is 5.32 Å². The third-order valence-electron chi connectivity index (χ3n) is 4.23. The molecule has 2 amide bonds. The average Bonchev–Trinajstić information content (AvgIpc) is 2.69. The predicted molar refractivity (Wildman–Crippen MR) is 103 cm³/mol. The van der Waals surface area contributed by atoms with Crippen LogP contribution in [0.3, 0.4) is 0 Å². The Bertz CT molecular complexity index is 968. The van der Waals surface area contributed by atoms with Crippen LogP contribution in [0.5, 0.6) is 0 Å². The maximum Gasteiger partial charge on any atom is 0.255 e. The molecule has 0 heterocycles. The number of benzene rings is 3. The van der Waals surface area contributed by atoms with Crippen molar-refractivity contribution in [3.63, 3.8) is 0 Å². The lowest BCUT2D eigenvalue weighted by molar-refractivity contribution is 0.0949. The fourth-order valence-electron chi connectivity index (χ4n) is 2.62. The van der Waals surface area contributed by atoms with Gasteiger partial charge < -0.3 is 10.6 Å². The molecule has 0 aliphatic carbocycles. The van der Waals surface area contributed by atoms with Crippen molar-refractivity contribution in [1.29, 1.82) is 0 Å². The quantitative estimate of drug-likeness (QED) is 0.710. The molecule has 0 unspecified atom stereocenters. The molecule has 3 rings (SSSR count). The summed E-state index contributed by atoms with van der Waals surface area (Å²) in [5.41, 5.74) is 3.06. The normalized spacial score (nSPS) is 10.3. The average molecular weight is 362 g/mol. The highest BCUT2D eigenvalue weighted by molar-refractivity contribution is 6.05. The molecule has 0 fully saturated rings. The minimum atomic E-state index is -0.502. The second-order valence-electron chi connectivity index (χ2n) is 6.12. The van der Waals surface area contributed by atoms with Gasteiger partial charge in [0.05, 0.1) is 5.69 Å². The highest BCUT2D eigenvalue weighted by Gasteiger charge is 2.11. The van der Waals surface area contributed by atoms with Gasteiger partial charge in [-0.2, -0.15) is 0 Å². The first-order chi connectivity index (χ1) is 13.0. The summed E-state index contributed by atoms with van der Waals surface area (Å²) in [7, 11) is 0. The van der Waals surface area contributed by atoms with E-state index in [1.807, 2.05) is 31.2 Å². The molecule has 0 radical (unpaired) electrons. The fraction of sp³-hybridized carbons (Fsp3) is 0.0909.